The Morgan fingerprint density at radius 1 is 1.20 bits per heavy atom. The Bertz CT molecular complexity index is 628. The molecule has 0 aromatic carbocycles. The maximum atomic E-state index is 11.6. The van der Waals surface area contributed by atoms with E-state index in [9.17, 15) is 14.3 Å². The van der Waals surface area contributed by atoms with Crippen molar-refractivity contribution in [3.8, 4) is 0 Å². The van der Waals surface area contributed by atoms with Crippen molar-refractivity contribution < 1.29 is 43.8 Å². The number of alkyl halides is 6. The SMILES string of the molecule is CCC(F)C(=O)[O-].ClC1=C(Cl)C2(Cl)C3C(Cl)C=CC3C1(Cl)C2(Cl)Cl.[Na+]. The number of fused-ring (bicyclic) bond motifs is 5. The van der Waals surface area contributed by atoms with Gasteiger partial charge in [0.05, 0.1) is 21.4 Å². The summed E-state index contributed by atoms with van der Waals surface area (Å²) in [6, 6.07) is 0. The van der Waals surface area contributed by atoms with Crippen LogP contribution in [0.4, 0.5) is 4.39 Å². The van der Waals surface area contributed by atoms with Crippen LogP contribution in [0.2, 0.25) is 0 Å². The number of aliphatic carboxylic acids is 1. The number of rotatable bonds is 2. The molecule has 0 aromatic heterocycles. The Morgan fingerprint density at radius 2 is 1.68 bits per heavy atom. The van der Waals surface area contributed by atoms with Gasteiger partial charge in [0.2, 0.25) is 0 Å². The molecule has 136 valence electrons. The third kappa shape index (κ3) is 3.31. The molecule has 25 heavy (non-hydrogen) atoms. The zero-order valence-corrected chi connectivity index (χ0v) is 20.3. The van der Waals surface area contributed by atoms with Crippen molar-refractivity contribution in [3.63, 3.8) is 0 Å². The van der Waals surface area contributed by atoms with Crippen molar-refractivity contribution >= 4 is 87.2 Å². The van der Waals surface area contributed by atoms with E-state index >= 15 is 0 Å². The van der Waals surface area contributed by atoms with Crippen LogP contribution in [0.5, 0.6) is 0 Å². The Balaban J connectivity index is 0.000000339. The molecule has 3 aliphatic rings. The van der Waals surface area contributed by atoms with Crippen LogP contribution in [-0.2, 0) is 4.79 Å². The van der Waals surface area contributed by atoms with Crippen molar-refractivity contribution in [2.75, 3.05) is 0 Å². The molecule has 0 aliphatic heterocycles. The van der Waals surface area contributed by atoms with Gasteiger partial charge >= 0.3 is 29.6 Å². The van der Waals surface area contributed by atoms with Gasteiger partial charge in [0.1, 0.15) is 15.9 Å². The second-order valence-corrected chi connectivity index (χ2v) is 9.48. The maximum absolute atomic E-state index is 11.6. The van der Waals surface area contributed by atoms with Crippen LogP contribution in [-0.4, -0.2) is 31.6 Å². The minimum Gasteiger partial charge on any atom is -0.547 e. The molecule has 1 fully saturated rings. The standard InChI is InChI=1S/C10H5Cl7.C4H7FO2.Na/c11-4-2-1-3-5(4)9(15)7(13)6(12)8(3,14)10(9,16)17;1-2-3(5)4(6)7;/h1-5H;3H,2H2,1H3,(H,6,7);/q;;+1/p-1. The number of halogens is 8. The maximum Gasteiger partial charge on any atom is 1.00 e. The Morgan fingerprint density at radius 3 is 2.08 bits per heavy atom. The Labute approximate surface area is 202 Å². The second kappa shape index (κ2) is 8.34. The van der Waals surface area contributed by atoms with Gasteiger partial charge in [-0.2, -0.15) is 0 Å². The summed E-state index contributed by atoms with van der Waals surface area (Å²) < 4.78 is 10.1. The van der Waals surface area contributed by atoms with E-state index in [-0.39, 0.29) is 63.3 Å². The number of allylic oxidation sites excluding steroid dienone is 4. The third-order valence-corrected chi connectivity index (χ3v) is 9.22. The second-order valence-electron chi connectivity index (χ2n) is 5.70. The van der Waals surface area contributed by atoms with E-state index < -0.39 is 26.2 Å². The van der Waals surface area contributed by atoms with E-state index in [0.29, 0.717) is 0 Å². The summed E-state index contributed by atoms with van der Waals surface area (Å²) in [5, 5.41) is 9.56. The molecule has 6 atom stereocenters. The number of carbonyl (C=O) groups excluding carboxylic acids is 1. The van der Waals surface area contributed by atoms with E-state index in [4.69, 9.17) is 81.2 Å². The number of carboxylic acids is 1. The smallest absolute Gasteiger partial charge is 0.547 e. The van der Waals surface area contributed by atoms with E-state index in [0.717, 1.165) is 0 Å². The van der Waals surface area contributed by atoms with Gasteiger partial charge in [-0.1, -0.05) is 65.5 Å². The molecule has 0 heterocycles. The molecule has 0 N–H and O–H groups in total. The molecule has 0 amide bonds. The summed E-state index contributed by atoms with van der Waals surface area (Å²) in [7, 11) is 0. The molecule has 1 saturated carbocycles. The fourth-order valence-electron chi connectivity index (χ4n) is 3.25. The van der Waals surface area contributed by atoms with Crippen molar-refractivity contribution in [2.45, 2.75) is 39.0 Å². The van der Waals surface area contributed by atoms with Crippen molar-refractivity contribution in [1.29, 1.82) is 0 Å². The molecule has 0 saturated heterocycles. The number of carboxylic acid groups (broad SMARTS) is 1. The summed E-state index contributed by atoms with van der Waals surface area (Å²) in [5.74, 6) is -2.09. The Kier molecular flexibility index (Phi) is 8.32. The molecule has 2 nitrogen and oxygen atoms in total. The first-order chi connectivity index (χ1) is 10.9. The van der Waals surface area contributed by atoms with E-state index in [1.165, 1.54) is 6.92 Å². The fraction of sp³-hybridized carbons (Fsp3) is 0.643. The minimum atomic E-state index is -1.79. The molecule has 0 spiro atoms. The van der Waals surface area contributed by atoms with E-state index in [2.05, 4.69) is 0 Å². The fourth-order valence-corrected chi connectivity index (χ4v) is 6.76. The number of hydrogen-bond acceptors (Lipinski definition) is 2. The molecule has 0 aromatic rings. The summed E-state index contributed by atoms with van der Waals surface area (Å²) in [5.41, 5.74) is 0. The Hall–Kier alpha value is 1.91. The van der Waals surface area contributed by atoms with Gasteiger partial charge < -0.3 is 9.90 Å². The molecule has 6 unspecified atom stereocenters. The zero-order valence-electron chi connectivity index (χ0n) is 13.0. The minimum absolute atomic E-state index is 0. The van der Waals surface area contributed by atoms with Crippen molar-refractivity contribution in [3.05, 3.63) is 22.2 Å². The van der Waals surface area contributed by atoms with Crippen LogP contribution < -0.4 is 34.7 Å². The molecule has 3 aliphatic carbocycles. The van der Waals surface area contributed by atoms with Crippen LogP contribution >= 0.6 is 81.2 Å². The summed E-state index contributed by atoms with van der Waals surface area (Å²) in [6.45, 7) is 1.44. The normalized spacial score (nSPS) is 40.9. The molecule has 0 radical (unpaired) electrons. The van der Waals surface area contributed by atoms with Gasteiger partial charge in [-0.3, -0.25) is 0 Å². The monoisotopic (exact) mass is 498 g/mol. The molecule has 3 rings (SSSR count). The quantitative estimate of drug-likeness (QED) is 0.329. The van der Waals surface area contributed by atoms with Gasteiger partial charge in [0.15, 0.2) is 4.33 Å². The van der Waals surface area contributed by atoms with Crippen LogP contribution in [0.1, 0.15) is 13.3 Å². The van der Waals surface area contributed by atoms with Gasteiger partial charge in [0.25, 0.3) is 0 Å². The predicted octanol–water partition coefficient (Wildman–Crippen LogP) is 1.73. The van der Waals surface area contributed by atoms with Crippen molar-refractivity contribution in [2.24, 2.45) is 11.8 Å². The van der Waals surface area contributed by atoms with Crippen molar-refractivity contribution in [1.82, 2.24) is 0 Å². The van der Waals surface area contributed by atoms with Crippen LogP contribution in [0.25, 0.3) is 0 Å². The predicted molar refractivity (Wildman–Crippen MR) is 96.3 cm³/mol. The topological polar surface area (TPSA) is 40.1 Å². The molecular weight excluding hydrogens is 490 g/mol. The first-order valence-electron chi connectivity index (χ1n) is 6.88. The molecule has 2 bridgehead atoms. The molecule has 11 heteroatoms. The summed E-state index contributed by atoms with van der Waals surface area (Å²) >= 11 is 44.5. The van der Waals surface area contributed by atoms with E-state index in [1.54, 1.807) is 0 Å². The van der Waals surface area contributed by atoms with Crippen LogP contribution in [0.15, 0.2) is 22.2 Å². The van der Waals surface area contributed by atoms with Gasteiger partial charge in [-0.05, 0) is 6.42 Å². The first-order valence-corrected chi connectivity index (χ1v) is 9.58. The van der Waals surface area contributed by atoms with Gasteiger partial charge in [-0.25, -0.2) is 4.39 Å². The zero-order chi connectivity index (χ0) is 18.7. The summed E-state index contributed by atoms with van der Waals surface area (Å²) in [6.07, 6.45) is 1.89. The first kappa shape index (κ1) is 24.9. The van der Waals surface area contributed by atoms with E-state index in [1.807, 2.05) is 12.2 Å². The molecular formula is C14H11Cl7FNaO2. The number of carbonyl (C=O) groups is 1. The average molecular weight is 501 g/mol. The largest absolute Gasteiger partial charge is 1.00 e. The van der Waals surface area contributed by atoms with Crippen LogP contribution in [0.3, 0.4) is 0 Å². The average Bonchev–Trinajstić information content (AvgIpc) is 3.00. The van der Waals surface area contributed by atoms with Gasteiger partial charge in [0, 0.05) is 11.8 Å². The van der Waals surface area contributed by atoms with Crippen LogP contribution in [0, 0.1) is 11.8 Å². The number of hydrogen-bond donors (Lipinski definition) is 0. The van der Waals surface area contributed by atoms with Gasteiger partial charge in [-0.15, -0.1) is 34.8 Å². The summed E-state index contributed by atoms with van der Waals surface area (Å²) in [4.78, 5) is 7.00. The third-order valence-electron chi connectivity index (χ3n) is 4.51.